The van der Waals surface area contributed by atoms with Gasteiger partial charge in [0.15, 0.2) is 0 Å². The largest absolute Gasteiger partial charge is 0.496 e. The van der Waals surface area contributed by atoms with Crippen LogP contribution in [0.3, 0.4) is 0 Å². The number of amides is 1. The van der Waals surface area contributed by atoms with Crippen molar-refractivity contribution < 1.29 is 19.1 Å². The molecule has 134 valence electrons. The topological polar surface area (TPSA) is 64.6 Å². The van der Waals surface area contributed by atoms with Crippen molar-refractivity contribution in [2.75, 3.05) is 14.2 Å². The van der Waals surface area contributed by atoms with E-state index in [2.05, 4.69) is 5.32 Å². The Morgan fingerprint density at radius 1 is 1.25 bits per heavy atom. The normalized spacial score (nSPS) is 14.5. The van der Waals surface area contributed by atoms with Gasteiger partial charge in [-0.3, -0.25) is 4.79 Å². The lowest BCUT2D eigenvalue weighted by atomic mass is 9.84. The number of nitrogens with one attached hydrogen (secondary N) is 1. The van der Waals surface area contributed by atoms with Gasteiger partial charge in [0, 0.05) is 5.56 Å². The van der Waals surface area contributed by atoms with Crippen molar-refractivity contribution in [3.8, 4) is 5.75 Å². The van der Waals surface area contributed by atoms with Crippen LogP contribution in [0.1, 0.15) is 43.9 Å². The number of hydrogen-bond acceptors (Lipinski definition) is 4. The van der Waals surface area contributed by atoms with Crippen LogP contribution in [-0.2, 0) is 20.7 Å². The highest BCUT2D eigenvalue weighted by Crippen LogP contribution is 2.26. The molecule has 0 fully saturated rings. The number of ether oxygens (including phenoxy) is 2. The summed E-state index contributed by atoms with van der Waals surface area (Å²) in [5.41, 5.74) is 1.85. The zero-order valence-corrected chi connectivity index (χ0v) is 15.8. The molecule has 1 aromatic carbocycles. The van der Waals surface area contributed by atoms with Gasteiger partial charge in [0.05, 0.1) is 20.6 Å². The van der Waals surface area contributed by atoms with Crippen molar-refractivity contribution >= 4 is 11.9 Å². The van der Waals surface area contributed by atoms with E-state index < -0.39 is 11.5 Å². The average Bonchev–Trinajstić information content (AvgIpc) is 2.54. The number of hydrogen-bond donors (Lipinski definition) is 1. The molecule has 5 nitrogen and oxygen atoms in total. The number of aryl methyl sites for hydroxylation is 2. The fraction of sp³-hybridized carbons (Fsp3) is 0.579. The average molecular weight is 335 g/mol. The maximum absolute atomic E-state index is 12.6. The maximum atomic E-state index is 12.6. The van der Waals surface area contributed by atoms with Gasteiger partial charge in [0.2, 0.25) is 5.91 Å². The summed E-state index contributed by atoms with van der Waals surface area (Å²) in [5, 5.41) is 2.87. The summed E-state index contributed by atoms with van der Waals surface area (Å²) in [7, 11) is 2.93. The summed E-state index contributed by atoms with van der Waals surface area (Å²) in [6.45, 7) is 9.55. The summed E-state index contributed by atoms with van der Waals surface area (Å²) in [4.78, 5) is 24.8. The molecular formula is C19H29NO4. The second-order valence-electron chi connectivity index (χ2n) is 6.49. The van der Waals surface area contributed by atoms with E-state index in [1.54, 1.807) is 14.0 Å². The predicted molar refractivity (Wildman–Crippen MR) is 94.2 cm³/mol. The third-order valence-corrected chi connectivity index (χ3v) is 4.74. The predicted octanol–water partition coefficient (Wildman–Crippen LogP) is 2.95. The van der Waals surface area contributed by atoms with E-state index in [-0.39, 0.29) is 18.2 Å². The molecule has 0 spiro atoms. The van der Waals surface area contributed by atoms with Crippen LogP contribution >= 0.6 is 0 Å². The molecule has 0 aliphatic rings. The Kier molecular flexibility index (Phi) is 6.81. The van der Waals surface area contributed by atoms with Gasteiger partial charge < -0.3 is 14.8 Å². The zero-order chi connectivity index (χ0) is 18.5. The first-order valence-corrected chi connectivity index (χ1v) is 8.23. The monoisotopic (exact) mass is 335 g/mol. The number of rotatable bonds is 7. The van der Waals surface area contributed by atoms with Crippen molar-refractivity contribution in [1.82, 2.24) is 5.32 Å². The Hall–Kier alpha value is -2.04. The lowest BCUT2D eigenvalue weighted by Crippen LogP contribution is -2.57. The van der Waals surface area contributed by atoms with Gasteiger partial charge in [-0.05, 0) is 43.9 Å². The second-order valence-corrected chi connectivity index (χ2v) is 6.49. The quantitative estimate of drug-likeness (QED) is 0.778. The highest BCUT2D eigenvalue weighted by Gasteiger charge is 2.40. The van der Waals surface area contributed by atoms with Gasteiger partial charge in [-0.2, -0.15) is 0 Å². The lowest BCUT2D eigenvalue weighted by Gasteiger charge is -2.33. The summed E-state index contributed by atoms with van der Waals surface area (Å²) >= 11 is 0. The van der Waals surface area contributed by atoms with Crippen molar-refractivity contribution in [3.63, 3.8) is 0 Å². The number of methoxy groups -OCH3 is 2. The Morgan fingerprint density at radius 3 is 2.38 bits per heavy atom. The summed E-state index contributed by atoms with van der Waals surface area (Å²) < 4.78 is 10.3. The fourth-order valence-electron chi connectivity index (χ4n) is 2.86. The van der Waals surface area contributed by atoms with E-state index in [4.69, 9.17) is 9.47 Å². The summed E-state index contributed by atoms with van der Waals surface area (Å²) in [6.07, 6.45) is 0.900. The molecule has 1 rings (SSSR count). The molecule has 0 heterocycles. The molecule has 0 aliphatic heterocycles. The molecule has 0 radical (unpaired) electrons. The van der Waals surface area contributed by atoms with Crippen LogP contribution in [-0.4, -0.2) is 31.6 Å². The molecule has 0 aliphatic carbocycles. The molecule has 2 unspecified atom stereocenters. The first kappa shape index (κ1) is 20.0. The standard InChI is InChI=1S/C19H29NO4/c1-8-14(4)19(5,18(22)24-7)20-17(21)11-15-13(3)9-12(2)10-16(15)23-6/h9-10,14H,8,11H2,1-7H3,(H,20,21). The van der Waals surface area contributed by atoms with Crippen LogP contribution in [0, 0.1) is 19.8 Å². The Bertz CT molecular complexity index is 612. The van der Waals surface area contributed by atoms with E-state index in [0.717, 1.165) is 23.1 Å². The smallest absolute Gasteiger partial charge is 0.331 e. The van der Waals surface area contributed by atoms with Gasteiger partial charge in [-0.25, -0.2) is 4.79 Å². The van der Waals surface area contributed by atoms with Crippen LogP contribution in [0.5, 0.6) is 5.75 Å². The number of benzene rings is 1. The zero-order valence-electron chi connectivity index (χ0n) is 15.8. The summed E-state index contributed by atoms with van der Waals surface area (Å²) in [6, 6.07) is 3.92. The minimum Gasteiger partial charge on any atom is -0.496 e. The molecule has 0 saturated carbocycles. The van der Waals surface area contributed by atoms with Crippen LogP contribution in [0.4, 0.5) is 0 Å². The SMILES string of the molecule is CCC(C)C(C)(NC(=O)Cc1c(C)cc(C)cc1OC)C(=O)OC. The van der Waals surface area contributed by atoms with Crippen LogP contribution in [0.15, 0.2) is 12.1 Å². The van der Waals surface area contributed by atoms with E-state index in [9.17, 15) is 9.59 Å². The molecule has 5 heteroatoms. The molecule has 1 aromatic rings. The molecule has 0 saturated heterocycles. The third kappa shape index (κ3) is 4.28. The highest BCUT2D eigenvalue weighted by molar-refractivity contribution is 5.89. The van der Waals surface area contributed by atoms with Gasteiger partial charge in [0.25, 0.3) is 0 Å². The van der Waals surface area contributed by atoms with Crippen LogP contribution in [0.25, 0.3) is 0 Å². The van der Waals surface area contributed by atoms with Gasteiger partial charge in [-0.1, -0.05) is 26.3 Å². The minimum absolute atomic E-state index is 0.0464. The van der Waals surface area contributed by atoms with E-state index in [0.29, 0.717) is 5.75 Å². The highest BCUT2D eigenvalue weighted by atomic mass is 16.5. The van der Waals surface area contributed by atoms with Gasteiger partial charge in [0.1, 0.15) is 11.3 Å². The molecule has 1 N–H and O–H groups in total. The lowest BCUT2D eigenvalue weighted by molar-refractivity contribution is -0.152. The van der Waals surface area contributed by atoms with E-state index in [1.807, 2.05) is 39.8 Å². The second kappa shape index (κ2) is 8.18. The molecular weight excluding hydrogens is 306 g/mol. The van der Waals surface area contributed by atoms with E-state index >= 15 is 0 Å². The van der Waals surface area contributed by atoms with Gasteiger partial charge >= 0.3 is 5.97 Å². The minimum atomic E-state index is -1.05. The van der Waals surface area contributed by atoms with E-state index in [1.165, 1.54) is 7.11 Å². The van der Waals surface area contributed by atoms with Crippen molar-refractivity contribution in [2.24, 2.45) is 5.92 Å². The number of carbonyl (C=O) groups excluding carboxylic acids is 2. The molecule has 0 aromatic heterocycles. The molecule has 24 heavy (non-hydrogen) atoms. The van der Waals surface area contributed by atoms with Crippen LogP contribution < -0.4 is 10.1 Å². The fourth-order valence-corrected chi connectivity index (χ4v) is 2.86. The van der Waals surface area contributed by atoms with Gasteiger partial charge in [-0.15, -0.1) is 0 Å². The number of carbonyl (C=O) groups is 2. The summed E-state index contributed by atoms with van der Waals surface area (Å²) in [5.74, 6) is -0.0212. The Morgan fingerprint density at radius 2 is 1.88 bits per heavy atom. The first-order valence-electron chi connectivity index (χ1n) is 8.23. The first-order chi connectivity index (χ1) is 11.2. The molecule has 0 bridgehead atoms. The van der Waals surface area contributed by atoms with Crippen molar-refractivity contribution in [1.29, 1.82) is 0 Å². The number of esters is 1. The Labute approximate surface area is 144 Å². The Balaban J connectivity index is 3.05. The van der Waals surface area contributed by atoms with Crippen LogP contribution in [0.2, 0.25) is 0 Å². The third-order valence-electron chi connectivity index (χ3n) is 4.74. The van der Waals surface area contributed by atoms with Crippen molar-refractivity contribution in [3.05, 3.63) is 28.8 Å². The molecule has 2 atom stereocenters. The molecule has 1 amide bonds. The van der Waals surface area contributed by atoms with Crippen molar-refractivity contribution in [2.45, 2.75) is 53.0 Å². The maximum Gasteiger partial charge on any atom is 0.331 e.